The third-order valence-corrected chi connectivity index (χ3v) is 4.57. The lowest BCUT2D eigenvalue weighted by Gasteiger charge is -2.36. The molecule has 1 N–H and O–H groups in total. The molecule has 0 bridgehead atoms. The van der Waals surface area contributed by atoms with Gasteiger partial charge in [0.2, 0.25) is 0 Å². The molecular formula is C16H21N3. The first-order chi connectivity index (χ1) is 9.36. The van der Waals surface area contributed by atoms with E-state index in [4.69, 9.17) is 5.26 Å². The first-order valence-electron chi connectivity index (χ1n) is 7.35. The minimum absolute atomic E-state index is 0.744. The SMILES string of the molecule is N#Cc1ccc(N2CCC(C3CCCN3)CC2)cc1. The quantitative estimate of drug-likeness (QED) is 0.882. The summed E-state index contributed by atoms with van der Waals surface area (Å²) in [5.74, 6) is 0.858. The van der Waals surface area contributed by atoms with Crippen molar-refractivity contribution in [2.24, 2.45) is 5.92 Å². The van der Waals surface area contributed by atoms with Crippen LogP contribution in [-0.4, -0.2) is 25.7 Å². The summed E-state index contributed by atoms with van der Waals surface area (Å²) < 4.78 is 0. The highest BCUT2D eigenvalue weighted by Gasteiger charge is 2.28. The van der Waals surface area contributed by atoms with Crippen LogP contribution >= 0.6 is 0 Å². The Bertz CT molecular complexity index is 446. The van der Waals surface area contributed by atoms with Crippen LogP contribution in [0.25, 0.3) is 0 Å². The highest BCUT2D eigenvalue weighted by molar-refractivity contribution is 5.49. The van der Waals surface area contributed by atoms with Crippen LogP contribution in [0.3, 0.4) is 0 Å². The van der Waals surface area contributed by atoms with E-state index < -0.39 is 0 Å². The second-order valence-electron chi connectivity index (χ2n) is 5.69. The van der Waals surface area contributed by atoms with Crippen LogP contribution in [0.4, 0.5) is 5.69 Å². The molecule has 0 spiro atoms. The molecule has 3 heteroatoms. The smallest absolute Gasteiger partial charge is 0.0991 e. The van der Waals surface area contributed by atoms with Crippen LogP contribution in [-0.2, 0) is 0 Å². The summed E-state index contributed by atoms with van der Waals surface area (Å²) in [7, 11) is 0. The summed E-state index contributed by atoms with van der Waals surface area (Å²) in [5, 5.41) is 12.5. The zero-order valence-corrected chi connectivity index (χ0v) is 11.3. The average molecular weight is 255 g/mol. The summed E-state index contributed by atoms with van der Waals surface area (Å²) in [6.45, 7) is 3.50. The zero-order valence-electron chi connectivity index (χ0n) is 11.3. The molecule has 2 heterocycles. The Morgan fingerprint density at radius 3 is 2.42 bits per heavy atom. The number of anilines is 1. The fourth-order valence-electron chi connectivity index (χ4n) is 3.42. The molecule has 0 saturated carbocycles. The molecule has 2 aliphatic heterocycles. The molecule has 0 aromatic heterocycles. The number of nitrogens with zero attached hydrogens (tertiary/aromatic N) is 2. The number of hydrogen-bond donors (Lipinski definition) is 1. The Balaban J connectivity index is 1.58. The van der Waals surface area contributed by atoms with E-state index in [9.17, 15) is 0 Å². The molecule has 0 radical (unpaired) electrons. The molecule has 2 fully saturated rings. The van der Waals surface area contributed by atoms with Gasteiger partial charge < -0.3 is 10.2 Å². The van der Waals surface area contributed by atoms with Crippen molar-refractivity contribution in [3.63, 3.8) is 0 Å². The highest BCUT2D eigenvalue weighted by atomic mass is 15.1. The number of hydrogen-bond acceptors (Lipinski definition) is 3. The van der Waals surface area contributed by atoms with Crippen molar-refractivity contribution in [1.29, 1.82) is 5.26 Å². The third kappa shape index (κ3) is 2.74. The molecule has 0 aliphatic carbocycles. The third-order valence-electron chi connectivity index (χ3n) is 4.57. The fourth-order valence-corrected chi connectivity index (χ4v) is 3.42. The minimum Gasteiger partial charge on any atom is -0.372 e. The maximum Gasteiger partial charge on any atom is 0.0991 e. The lowest BCUT2D eigenvalue weighted by atomic mass is 9.88. The monoisotopic (exact) mass is 255 g/mol. The second-order valence-corrected chi connectivity index (χ2v) is 5.69. The number of piperidine rings is 1. The van der Waals surface area contributed by atoms with E-state index >= 15 is 0 Å². The zero-order chi connectivity index (χ0) is 13.1. The molecule has 3 nitrogen and oxygen atoms in total. The van der Waals surface area contributed by atoms with Gasteiger partial charge >= 0.3 is 0 Å². The van der Waals surface area contributed by atoms with E-state index in [2.05, 4.69) is 28.4 Å². The van der Waals surface area contributed by atoms with E-state index in [1.165, 1.54) is 37.9 Å². The number of nitriles is 1. The van der Waals surface area contributed by atoms with E-state index in [1.807, 2.05) is 12.1 Å². The Morgan fingerprint density at radius 2 is 1.84 bits per heavy atom. The predicted molar refractivity (Wildman–Crippen MR) is 77.1 cm³/mol. The standard InChI is InChI=1S/C16H21N3/c17-12-13-3-5-15(6-4-13)19-10-7-14(8-11-19)16-2-1-9-18-16/h3-6,14,16,18H,1-2,7-11H2. The number of benzene rings is 1. The highest BCUT2D eigenvalue weighted by Crippen LogP contribution is 2.28. The molecule has 2 aliphatic rings. The van der Waals surface area contributed by atoms with E-state index in [-0.39, 0.29) is 0 Å². The molecular weight excluding hydrogens is 234 g/mol. The summed E-state index contributed by atoms with van der Waals surface area (Å²) in [6.07, 6.45) is 5.29. The Hall–Kier alpha value is -1.53. The predicted octanol–water partition coefficient (Wildman–Crippen LogP) is 2.53. The van der Waals surface area contributed by atoms with Gasteiger partial charge in [-0.05, 0) is 62.4 Å². The topological polar surface area (TPSA) is 39.1 Å². The normalized spacial score (nSPS) is 24.4. The van der Waals surface area contributed by atoms with Gasteiger partial charge in [0.1, 0.15) is 0 Å². The Kier molecular flexibility index (Phi) is 3.70. The van der Waals surface area contributed by atoms with Crippen molar-refractivity contribution >= 4 is 5.69 Å². The van der Waals surface area contributed by atoms with Crippen LogP contribution in [0.2, 0.25) is 0 Å². The van der Waals surface area contributed by atoms with Gasteiger partial charge in [-0.25, -0.2) is 0 Å². The summed E-state index contributed by atoms with van der Waals surface area (Å²) in [6, 6.07) is 10.9. The van der Waals surface area contributed by atoms with Gasteiger partial charge in [-0.2, -0.15) is 5.26 Å². The fraction of sp³-hybridized carbons (Fsp3) is 0.562. The van der Waals surface area contributed by atoms with Crippen molar-refractivity contribution in [2.75, 3.05) is 24.5 Å². The second kappa shape index (κ2) is 5.63. The van der Waals surface area contributed by atoms with Crippen molar-refractivity contribution in [1.82, 2.24) is 5.32 Å². The van der Waals surface area contributed by atoms with Crippen molar-refractivity contribution in [3.05, 3.63) is 29.8 Å². The van der Waals surface area contributed by atoms with Crippen LogP contribution in [0.5, 0.6) is 0 Å². The Labute approximate surface area is 115 Å². The molecule has 0 amide bonds. The Morgan fingerprint density at radius 1 is 1.11 bits per heavy atom. The number of nitrogens with one attached hydrogen (secondary N) is 1. The van der Waals surface area contributed by atoms with Gasteiger partial charge in [0.25, 0.3) is 0 Å². The molecule has 3 rings (SSSR count). The molecule has 1 atom stereocenters. The van der Waals surface area contributed by atoms with E-state index in [1.54, 1.807) is 0 Å². The van der Waals surface area contributed by atoms with Gasteiger partial charge in [-0.1, -0.05) is 0 Å². The van der Waals surface area contributed by atoms with Crippen LogP contribution in [0, 0.1) is 17.2 Å². The lowest BCUT2D eigenvalue weighted by molar-refractivity contribution is 0.319. The maximum absolute atomic E-state index is 8.82. The van der Waals surface area contributed by atoms with Crippen LogP contribution in [0.1, 0.15) is 31.2 Å². The van der Waals surface area contributed by atoms with E-state index in [0.717, 1.165) is 30.6 Å². The molecule has 100 valence electrons. The molecule has 1 aromatic rings. The molecule has 1 unspecified atom stereocenters. The molecule has 2 saturated heterocycles. The molecule has 19 heavy (non-hydrogen) atoms. The first-order valence-corrected chi connectivity index (χ1v) is 7.35. The summed E-state index contributed by atoms with van der Waals surface area (Å²) in [4.78, 5) is 2.45. The van der Waals surface area contributed by atoms with Crippen molar-refractivity contribution in [3.8, 4) is 6.07 Å². The van der Waals surface area contributed by atoms with Gasteiger partial charge in [0.05, 0.1) is 11.6 Å². The van der Waals surface area contributed by atoms with Gasteiger partial charge in [-0.3, -0.25) is 0 Å². The maximum atomic E-state index is 8.82. The minimum atomic E-state index is 0.744. The van der Waals surface area contributed by atoms with Crippen molar-refractivity contribution < 1.29 is 0 Å². The summed E-state index contributed by atoms with van der Waals surface area (Å²) >= 11 is 0. The van der Waals surface area contributed by atoms with Gasteiger partial charge in [0, 0.05) is 24.8 Å². The molecule has 1 aromatic carbocycles. The summed E-state index contributed by atoms with van der Waals surface area (Å²) in [5.41, 5.74) is 2.01. The van der Waals surface area contributed by atoms with Gasteiger partial charge in [-0.15, -0.1) is 0 Å². The van der Waals surface area contributed by atoms with E-state index in [0.29, 0.717) is 0 Å². The average Bonchev–Trinajstić information content (AvgIpc) is 3.02. The first kappa shape index (κ1) is 12.5. The largest absolute Gasteiger partial charge is 0.372 e. The van der Waals surface area contributed by atoms with Gasteiger partial charge in [0.15, 0.2) is 0 Å². The number of rotatable bonds is 2. The lowest BCUT2D eigenvalue weighted by Crippen LogP contribution is -2.40. The van der Waals surface area contributed by atoms with Crippen molar-refractivity contribution in [2.45, 2.75) is 31.7 Å². The van der Waals surface area contributed by atoms with Crippen LogP contribution < -0.4 is 10.2 Å². The van der Waals surface area contributed by atoms with Crippen LogP contribution in [0.15, 0.2) is 24.3 Å².